The van der Waals surface area contributed by atoms with Gasteiger partial charge in [0.2, 0.25) is 0 Å². The maximum absolute atomic E-state index is 10.7. The summed E-state index contributed by atoms with van der Waals surface area (Å²) in [5, 5.41) is 17.2. The summed E-state index contributed by atoms with van der Waals surface area (Å²) >= 11 is 0. The van der Waals surface area contributed by atoms with E-state index in [4.69, 9.17) is 10.2 Å². The van der Waals surface area contributed by atoms with Crippen LogP contribution in [0, 0.1) is 5.92 Å². The van der Waals surface area contributed by atoms with E-state index in [1.54, 1.807) is 0 Å². The van der Waals surface area contributed by atoms with Gasteiger partial charge in [0.15, 0.2) is 0 Å². The Kier molecular flexibility index (Phi) is 6.74. The molecule has 0 rings (SSSR count). The van der Waals surface area contributed by atoms with Crippen molar-refractivity contribution in [3.8, 4) is 0 Å². The lowest BCUT2D eigenvalue weighted by atomic mass is 10.0. The lowest BCUT2D eigenvalue weighted by molar-refractivity contribution is -0.149. The van der Waals surface area contributed by atoms with Crippen LogP contribution in [0.1, 0.15) is 26.2 Å². The van der Waals surface area contributed by atoms with Crippen LogP contribution in [-0.2, 0) is 14.3 Å². The topological polar surface area (TPSA) is 83.8 Å². The van der Waals surface area contributed by atoms with Crippen molar-refractivity contribution in [1.29, 1.82) is 0 Å². The van der Waals surface area contributed by atoms with Crippen LogP contribution in [0.15, 0.2) is 0 Å². The summed E-state index contributed by atoms with van der Waals surface area (Å²) in [5.74, 6) is -2.10. The van der Waals surface area contributed by atoms with Crippen LogP contribution in [0.25, 0.3) is 0 Å². The zero-order chi connectivity index (χ0) is 11.0. The summed E-state index contributed by atoms with van der Waals surface area (Å²) in [7, 11) is 0. The molecule has 5 nitrogen and oxygen atoms in total. The Balaban J connectivity index is 3.78. The fraction of sp³-hybridized carbons (Fsp3) is 0.778. The summed E-state index contributed by atoms with van der Waals surface area (Å²) in [6, 6.07) is 0. The Hall–Kier alpha value is -1.10. The highest BCUT2D eigenvalue weighted by Crippen LogP contribution is 2.09. The molecule has 1 atom stereocenters. The van der Waals surface area contributed by atoms with E-state index >= 15 is 0 Å². The minimum Gasteiger partial charge on any atom is -0.481 e. The van der Waals surface area contributed by atoms with Gasteiger partial charge in [-0.2, -0.15) is 0 Å². The fourth-order valence-electron chi connectivity index (χ4n) is 0.999. The summed E-state index contributed by atoms with van der Waals surface area (Å²) in [5.41, 5.74) is 0. The van der Waals surface area contributed by atoms with E-state index < -0.39 is 17.9 Å². The average molecular weight is 204 g/mol. The molecule has 0 aromatic carbocycles. The highest BCUT2D eigenvalue weighted by molar-refractivity contribution is 5.71. The maximum Gasteiger partial charge on any atom is 0.309 e. The Labute approximate surface area is 82.7 Å². The maximum atomic E-state index is 10.7. The molecule has 82 valence electrons. The number of aliphatic hydroxyl groups is 1. The molecule has 5 heteroatoms. The largest absolute Gasteiger partial charge is 0.481 e. The number of carbonyl (C=O) groups excluding carboxylic acids is 1. The molecule has 0 aliphatic heterocycles. The number of carboxylic acid groups (broad SMARTS) is 1. The molecule has 0 amide bonds. The monoisotopic (exact) mass is 204 g/mol. The Morgan fingerprint density at radius 1 is 1.36 bits per heavy atom. The van der Waals surface area contributed by atoms with Gasteiger partial charge in [0.25, 0.3) is 0 Å². The molecule has 0 heterocycles. The van der Waals surface area contributed by atoms with Crippen molar-refractivity contribution in [3.05, 3.63) is 0 Å². The summed E-state index contributed by atoms with van der Waals surface area (Å²) in [6.45, 7) is 1.21. The van der Waals surface area contributed by atoms with Crippen LogP contribution in [0.2, 0.25) is 0 Å². The number of carbonyl (C=O) groups is 2. The first kappa shape index (κ1) is 12.9. The lowest BCUT2D eigenvalue weighted by Crippen LogP contribution is -2.21. The van der Waals surface area contributed by atoms with Crippen molar-refractivity contribution < 1.29 is 24.5 Å². The van der Waals surface area contributed by atoms with E-state index in [1.165, 1.54) is 6.92 Å². The molecule has 0 bridgehead atoms. The van der Waals surface area contributed by atoms with Gasteiger partial charge in [-0.3, -0.25) is 9.59 Å². The lowest BCUT2D eigenvalue weighted by Gasteiger charge is -2.11. The third kappa shape index (κ3) is 6.42. The molecule has 0 aliphatic carbocycles. The van der Waals surface area contributed by atoms with E-state index in [0.29, 0.717) is 19.3 Å². The number of ether oxygens (including phenoxy) is 1. The summed E-state index contributed by atoms with van der Waals surface area (Å²) in [6.07, 6.45) is 1.61. The molecular weight excluding hydrogens is 188 g/mol. The molecule has 0 aromatic rings. The molecule has 0 saturated carbocycles. The Bertz CT molecular complexity index is 190. The number of aliphatic carboxylic acids is 1. The normalized spacial score (nSPS) is 12.1. The van der Waals surface area contributed by atoms with Crippen LogP contribution in [-0.4, -0.2) is 35.4 Å². The zero-order valence-electron chi connectivity index (χ0n) is 8.23. The third-order valence-corrected chi connectivity index (χ3v) is 1.80. The van der Waals surface area contributed by atoms with Gasteiger partial charge < -0.3 is 14.9 Å². The van der Waals surface area contributed by atoms with Gasteiger partial charge in [-0.15, -0.1) is 0 Å². The predicted molar refractivity (Wildman–Crippen MR) is 48.7 cm³/mol. The Morgan fingerprint density at radius 3 is 2.43 bits per heavy atom. The number of unbranched alkanes of at least 4 members (excludes halogenated alkanes) is 1. The minimum absolute atomic E-state index is 0.0555. The zero-order valence-corrected chi connectivity index (χ0v) is 8.23. The van der Waals surface area contributed by atoms with Crippen LogP contribution < -0.4 is 0 Å². The molecule has 0 saturated heterocycles. The van der Waals surface area contributed by atoms with Gasteiger partial charge in [0.1, 0.15) is 6.61 Å². The van der Waals surface area contributed by atoms with Gasteiger partial charge in [-0.25, -0.2) is 0 Å². The van der Waals surface area contributed by atoms with Crippen molar-refractivity contribution in [2.45, 2.75) is 26.2 Å². The van der Waals surface area contributed by atoms with Crippen LogP contribution in [0.3, 0.4) is 0 Å². The highest BCUT2D eigenvalue weighted by Gasteiger charge is 2.18. The van der Waals surface area contributed by atoms with Crippen molar-refractivity contribution in [3.63, 3.8) is 0 Å². The summed E-state index contributed by atoms with van der Waals surface area (Å²) < 4.78 is 4.61. The van der Waals surface area contributed by atoms with Gasteiger partial charge >= 0.3 is 11.9 Å². The molecular formula is C9H16O5. The minimum atomic E-state index is -0.968. The second-order valence-corrected chi connectivity index (χ2v) is 3.06. The number of carboxylic acids is 1. The molecule has 14 heavy (non-hydrogen) atoms. The second kappa shape index (κ2) is 7.32. The van der Waals surface area contributed by atoms with E-state index in [9.17, 15) is 9.59 Å². The van der Waals surface area contributed by atoms with Crippen LogP contribution >= 0.6 is 0 Å². The van der Waals surface area contributed by atoms with Crippen molar-refractivity contribution in [2.75, 3.05) is 13.2 Å². The smallest absolute Gasteiger partial charge is 0.309 e. The van der Waals surface area contributed by atoms with Crippen molar-refractivity contribution >= 4 is 11.9 Å². The van der Waals surface area contributed by atoms with Gasteiger partial charge in [0.05, 0.1) is 5.92 Å². The van der Waals surface area contributed by atoms with Crippen molar-refractivity contribution in [1.82, 2.24) is 0 Å². The molecule has 0 spiro atoms. The van der Waals surface area contributed by atoms with E-state index in [1.807, 2.05) is 0 Å². The SMILES string of the molecule is CC(=O)OCC(CCCCO)C(=O)O. The molecule has 0 fully saturated rings. The number of hydrogen-bond donors (Lipinski definition) is 2. The van der Waals surface area contributed by atoms with E-state index in [-0.39, 0.29) is 13.2 Å². The third-order valence-electron chi connectivity index (χ3n) is 1.80. The first-order valence-corrected chi connectivity index (χ1v) is 4.55. The summed E-state index contributed by atoms with van der Waals surface area (Å²) in [4.78, 5) is 21.1. The van der Waals surface area contributed by atoms with Crippen molar-refractivity contribution in [2.24, 2.45) is 5.92 Å². The van der Waals surface area contributed by atoms with E-state index in [2.05, 4.69) is 4.74 Å². The fourth-order valence-corrected chi connectivity index (χ4v) is 0.999. The van der Waals surface area contributed by atoms with Gasteiger partial charge in [-0.05, 0) is 12.8 Å². The number of esters is 1. The van der Waals surface area contributed by atoms with Crippen LogP contribution in [0.5, 0.6) is 0 Å². The predicted octanol–water partition coefficient (Wildman–Crippen LogP) is 0.413. The Morgan fingerprint density at radius 2 is 2.00 bits per heavy atom. The quantitative estimate of drug-likeness (QED) is 0.463. The first-order chi connectivity index (χ1) is 6.57. The van der Waals surface area contributed by atoms with Gasteiger partial charge in [0, 0.05) is 13.5 Å². The first-order valence-electron chi connectivity index (χ1n) is 4.55. The second-order valence-electron chi connectivity index (χ2n) is 3.06. The number of rotatable bonds is 7. The molecule has 2 N–H and O–H groups in total. The number of aliphatic hydroxyl groups excluding tert-OH is 1. The number of hydrogen-bond acceptors (Lipinski definition) is 4. The van der Waals surface area contributed by atoms with Gasteiger partial charge in [-0.1, -0.05) is 6.42 Å². The van der Waals surface area contributed by atoms with E-state index in [0.717, 1.165) is 0 Å². The molecule has 0 aromatic heterocycles. The molecule has 0 radical (unpaired) electrons. The average Bonchev–Trinajstić information content (AvgIpc) is 2.10. The van der Waals surface area contributed by atoms with Crippen LogP contribution in [0.4, 0.5) is 0 Å². The standard InChI is InChI=1S/C9H16O5/c1-7(11)14-6-8(9(12)13)4-2-3-5-10/h8,10H,2-6H2,1H3,(H,12,13). The highest BCUT2D eigenvalue weighted by atomic mass is 16.5. The molecule has 1 unspecified atom stereocenters. The molecule has 0 aliphatic rings.